The third kappa shape index (κ3) is 5.90. The molecule has 1 amide bonds. The summed E-state index contributed by atoms with van der Waals surface area (Å²) in [7, 11) is 0. The number of anilines is 1. The number of para-hydroxylation sites is 1. The molecule has 1 unspecified atom stereocenters. The Morgan fingerprint density at radius 3 is 2.46 bits per heavy atom. The van der Waals surface area contributed by atoms with Crippen molar-refractivity contribution in [3.05, 3.63) is 65.2 Å². The summed E-state index contributed by atoms with van der Waals surface area (Å²) >= 11 is 0. The van der Waals surface area contributed by atoms with Crippen LogP contribution in [0.25, 0.3) is 0 Å². The van der Waals surface area contributed by atoms with E-state index in [0.717, 1.165) is 25.1 Å². The second kappa shape index (κ2) is 10.4. The molecule has 4 nitrogen and oxygen atoms in total. The first-order valence-electron chi connectivity index (χ1n) is 8.55. The number of amides is 1. The molecule has 0 radical (unpaired) electrons. The highest BCUT2D eigenvalue weighted by Gasteiger charge is 2.18. The van der Waals surface area contributed by atoms with Crippen LogP contribution in [0.1, 0.15) is 30.0 Å². The Kier molecular flexibility index (Phi) is 8.93. The van der Waals surface area contributed by atoms with Crippen LogP contribution in [0.2, 0.25) is 0 Å². The molecular formula is C20H27Cl2N3O. The van der Waals surface area contributed by atoms with Gasteiger partial charge in [-0.2, -0.15) is 0 Å². The van der Waals surface area contributed by atoms with Gasteiger partial charge in [0.1, 0.15) is 0 Å². The van der Waals surface area contributed by atoms with Crippen LogP contribution in [0.5, 0.6) is 0 Å². The van der Waals surface area contributed by atoms with E-state index in [1.54, 1.807) is 0 Å². The lowest BCUT2D eigenvalue weighted by atomic mass is 10.1. The van der Waals surface area contributed by atoms with Gasteiger partial charge in [0, 0.05) is 37.8 Å². The molecular weight excluding hydrogens is 369 g/mol. The molecule has 2 aromatic carbocycles. The van der Waals surface area contributed by atoms with Gasteiger partial charge in [0.15, 0.2) is 0 Å². The van der Waals surface area contributed by atoms with E-state index in [0.29, 0.717) is 13.0 Å². The van der Waals surface area contributed by atoms with Gasteiger partial charge in [0.25, 0.3) is 0 Å². The topological polar surface area (TPSA) is 58.4 Å². The van der Waals surface area contributed by atoms with E-state index >= 15 is 0 Å². The van der Waals surface area contributed by atoms with Crippen molar-refractivity contribution in [2.75, 3.05) is 11.4 Å². The number of nitrogens with two attached hydrogens (primary N) is 1. The van der Waals surface area contributed by atoms with Crippen LogP contribution in [-0.4, -0.2) is 18.5 Å². The molecule has 6 heteroatoms. The Bertz CT molecular complexity index is 704. The van der Waals surface area contributed by atoms with E-state index in [1.165, 1.54) is 16.8 Å². The number of carbonyl (C=O) groups excluding carboxylic acids is 1. The van der Waals surface area contributed by atoms with Crippen LogP contribution < -0.4 is 16.0 Å². The van der Waals surface area contributed by atoms with Crippen molar-refractivity contribution in [2.24, 2.45) is 5.73 Å². The van der Waals surface area contributed by atoms with Gasteiger partial charge in [-0.15, -0.1) is 24.8 Å². The van der Waals surface area contributed by atoms with Crippen molar-refractivity contribution in [1.82, 2.24) is 5.32 Å². The van der Waals surface area contributed by atoms with Gasteiger partial charge in [0.2, 0.25) is 5.91 Å². The SMILES string of the molecule is CC(N)CC(=O)NCc1ccc(CN2CCc3ccccc32)cc1.Cl.Cl. The molecule has 26 heavy (non-hydrogen) atoms. The Morgan fingerprint density at radius 1 is 1.12 bits per heavy atom. The number of halogens is 2. The lowest BCUT2D eigenvalue weighted by molar-refractivity contribution is -0.121. The Labute approximate surface area is 168 Å². The minimum Gasteiger partial charge on any atom is -0.367 e. The lowest BCUT2D eigenvalue weighted by Crippen LogP contribution is -2.29. The molecule has 1 heterocycles. The highest BCUT2D eigenvalue weighted by molar-refractivity contribution is 5.85. The highest BCUT2D eigenvalue weighted by Crippen LogP contribution is 2.28. The van der Waals surface area contributed by atoms with Gasteiger partial charge in [-0.25, -0.2) is 0 Å². The summed E-state index contributed by atoms with van der Waals surface area (Å²) in [6.45, 7) is 4.39. The first kappa shape index (κ1) is 22.3. The molecule has 0 saturated carbocycles. The standard InChI is InChI=1S/C20H25N3O.2ClH/c1-15(21)12-20(24)22-13-16-6-8-17(9-7-16)14-23-11-10-18-4-2-3-5-19(18)23;;/h2-9,15H,10-14,21H2,1H3,(H,22,24);2*1H. The normalized spacial score (nSPS) is 13.2. The molecule has 0 aliphatic carbocycles. The first-order chi connectivity index (χ1) is 11.6. The third-order valence-electron chi connectivity index (χ3n) is 4.38. The van der Waals surface area contributed by atoms with E-state index < -0.39 is 0 Å². The van der Waals surface area contributed by atoms with Gasteiger partial charge in [-0.05, 0) is 36.1 Å². The van der Waals surface area contributed by atoms with Crippen LogP contribution in [0.15, 0.2) is 48.5 Å². The molecule has 142 valence electrons. The van der Waals surface area contributed by atoms with Gasteiger partial charge in [-0.1, -0.05) is 42.5 Å². The fourth-order valence-corrected chi connectivity index (χ4v) is 3.12. The summed E-state index contributed by atoms with van der Waals surface area (Å²) in [6.07, 6.45) is 1.49. The van der Waals surface area contributed by atoms with Crippen LogP contribution in [0, 0.1) is 0 Å². The quantitative estimate of drug-likeness (QED) is 0.787. The number of nitrogens with zero attached hydrogens (tertiary/aromatic N) is 1. The summed E-state index contributed by atoms with van der Waals surface area (Å²) < 4.78 is 0. The van der Waals surface area contributed by atoms with Crippen molar-refractivity contribution >= 4 is 36.4 Å². The van der Waals surface area contributed by atoms with Gasteiger partial charge < -0.3 is 16.0 Å². The second-order valence-electron chi connectivity index (χ2n) is 6.57. The summed E-state index contributed by atoms with van der Waals surface area (Å²) in [5.41, 5.74) is 10.8. The predicted molar refractivity (Wildman–Crippen MR) is 112 cm³/mol. The number of carbonyl (C=O) groups is 1. The average molecular weight is 396 g/mol. The Morgan fingerprint density at radius 2 is 1.77 bits per heavy atom. The van der Waals surface area contributed by atoms with E-state index in [1.807, 2.05) is 6.92 Å². The Hall–Kier alpha value is -1.75. The molecule has 0 aromatic heterocycles. The van der Waals surface area contributed by atoms with Gasteiger partial charge in [-0.3, -0.25) is 4.79 Å². The molecule has 3 rings (SSSR count). The van der Waals surface area contributed by atoms with Gasteiger partial charge >= 0.3 is 0 Å². The van der Waals surface area contributed by atoms with Crippen molar-refractivity contribution in [1.29, 1.82) is 0 Å². The van der Waals surface area contributed by atoms with Crippen molar-refractivity contribution in [3.63, 3.8) is 0 Å². The largest absolute Gasteiger partial charge is 0.367 e. The van der Waals surface area contributed by atoms with E-state index in [4.69, 9.17) is 5.73 Å². The smallest absolute Gasteiger partial charge is 0.221 e. The summed E-state index contributed by atoms with van der Waals surface area (Å²) in [5, 5.41) is 2.91. The fraction of sp³-hybridized carbons (Fsp3) is 0.350. The van der Waals surface area contributed by atoms with Crippen molar-refractivity contribution in [3.8, 4) is 0 Å². The molecule has 0 spiro atoms. The maximum atomic E-state index is 11.6. The fourth-order valence-electron chi connectivity index (χ4n) is 3.12. The number of benzene rings is 2. The number of nitrogens with one attached hydrogen (secondary N) is 1. The number of rotatable bonds is 6. The number of hydrogen-bond donors (Lipinski definition) is 2. The molecule has 1 aliphatic rings. The van der Waals surface area contributed by atoms with Crippen LogP contribution in [0.3, 0.4) is 0 Å². The first-order valence-corrected chi connectivity index (χ1v) is 8.55. The molecule has 0 saturated heterocycles. The summed E-state index contributed by atoms with van der Waals surface area (Å²) in [6, 6.07) is 17.0. The molecule has 1 atom stereocenters. The Balaban J connectivity index is 0.00000169. The van der Waals surface area contributed by atoms with Crippen molar-refractivity contribution in [2.45, 2.75) is 38.9 Å². The van der Waals surface area contributed by atoms with Crippen LogP contribution >= 0.6 is 24.8 Å². The lowest BCUT2D eigenvalue weighted by Gasteiger charge is -2.19. The van der Waals surface area contributed by atoms with Crippen molar-refractivity contribution < 1.29 is 4.79 Å². The second-order valence-corrected chi connectivity index (χ2v) is 6.57. The van der Waals surface area contributed by atoms with Gasteiger partial charge in [0.05, 0.1) is 0 Å². The maximum Gasteiger partial charge on any atom is 0.221 e. The molecule has 0 bridgehead atoms. The summed E-state index contributed by atoms with van der Waals surface area (Å²) in [5.74, 6) is 0.00255. The van der Waals surface area contributed by atoms with E-state index in [-0.39, 0.29) is 36.8 Å². The highest BCUT2D eigenvalue weighted by atomic mass is 35.5. The van der Waals surface area contributed by atoms with E-state index in [2.05, 4.69) is 58.7 Å². The zero-order valence-electron chi connectivity index (χ0n) is 15.0. The third-order valence-corrected chi connectivity index (χ3v) is 4.38. The molecule has 0 fully saturated rings. The predicted octanol–water partition coefficient (Wildman–Crippen LogP) is 3.45. The number of hydrogen-bond acceptors (Lipinski definition) is 3. The average Bonchev–Trinajstić information content (AvgIpc) is 2.97. The zero-order chi connectivity index (χ0) is 16.9. The van der Waals surface area contributed by atoms with Crippen LogP contribution in [0.4, 0.5) is 5.69 Å². The summed E-state index contributed by atoms with van der Waals surface area (Å²) in [4.78, 5) is 14.1. The zero-order valence-corrected chi connectivity index (χ0v) is 16.6. The minimum atomic E-state index is -0.101. The maximum absolute atomic E-state index is 11.6. The molecule has 3 N–H and O–H groups in total. The number of fused-ring (bicyclic) bond motifs is 1. The molecule has 1 aliphatic heterocycles. The minimum absolute atomic E-state index is 0. The van der Waals surface area contributed by atoms with E-state index in [9.17, 15) is 4.79 Å². The van der Waals surface area contributed by atoms with Crippen LogP contribution in [-0.2, 0) is 24.3 Å². The molecule has 2 aromatic rings. The monoisotopic (exact) mass is 395 g/mol.